The molecule has 5 nitrogen and oxygen atoms in total. The van der Waals surface area contributed by atoms with Crippen LogP contribution in [0.4, 0.5) is 0 Å². The van der Waals surface area contributed by atoms with Gasteiger partial charge in [0, 0.05) is 43.7 Å². The van der Waals surface area contributed by atoms with Crippen molar-refractivity contribution in [1.29, 1.82) is 0 Å². The first-order chi connectivity index (χ1) is 12.1. The number of piperazine rings is 1. The Balaban J connectivity index is 1.86. The third-order valence-electron chi connectivity index (χ3n) is 4.99. The molecule has 1 saturated heterocycles. The number of benzene rings is 1. The molecule has 1 aliphatic rings. The van der Waals surface area contributed by atoms with Gasteiger partial charge in [-0.3, -0.25) is 14.5 Å². The summed E-state index contributed by atoms with van der Waals surface area (Å²) in [6.45, 7) is 11.1. The average molecular weight is 380 g/mol. The quantitative estimate of drug-likeness (QED) is 0.807. The Morgan fingerprint density at radius 2 is 1.65 bits per heavy atom. The lowest BCUT2D eigenvalue weighted by atomic mass is 9.94. The highest BCUT2D eigenvalue weighted by molar-refractivity contribution is 6.30. The van der Waals surface area contributed by atoms with Crippen LogP contribution in [0.2, 0.25) is 5.02 Å². The van der Waals surface area contributed by atoms with Crippen LogP contribution in [0.1, 0.15) is 39.3 Å². The maximum Gasteiger partial charge on any atom is 0.236 e. The fraction of sp³-hybridized carbons (Fsp3) is 0.600. The van der Waals surface area contributed by atoms with Gasteiger partial charge in [-0.05, 0) is 24.6 Å². The Bertz CT molecular complexity index is 631. The minimum absolute atomic E-state index is 0.0106. The van der Waals surface area contributed by atoms with E-state index in [1.165, 1.54) is 0 Å². The van der Waals surface area contributed by atoms with Crippen molar-refractivity contribution < 1.29 is 9.59 Å². The second-order valence-electron chi connectivity index (χ2n) is 8.05. The van der Waals surface area contributed by atoms with Crippen LogP contribution in [0.3, 0.4) is 0 Å². The summed E-state index contributed by atoms with van der Waals surface area (Å²) in [4.78, 5) is 30.8. The van der Waals surface area contributed by atoms with E-state index in [2.05, 4.69) is 4.90 Å². The van der Waals surface area contributed by atoms with Crippen molar-refractivity contribution >= 4 is 23.4 Å². The van der Waals surface area contributed by atoms with Gasteiger partial charge in [0.05, 0.1) is 12.6 Å². The predicted molar refractivity (Wildman–Crippen MR) is 105 cm³/mol. The summed E-state index contributed by atoms with van der Waals surface area (Å²) in [5.74, 6) is 0.264. The van der Waals surface area contributed by atoms with Crippen molar-refractivity contribution in [3.63, 3.8) is 0 Å². The van der Waals surface area contributed by atoms with Crippen LogP contribution in [0, 0.1) is 5.41 Å². The number of halogens is 1. The number of hydrogen-bond acceptors (Lipinski definition) is 3. The number of carbonyl (C=O) groups is 2. The van der Waals surface area contributed by atoms with Gasteiger partial charge < -0.3 is 9.80 Å². The van der Waals surface area contributed by atoms with Crippen molar-refractivity contribution in [1.82, 2.24) is 14.7 Å². The van der Waals surface area contributed by atoms with Crippen LogP contribution in [-0.2, 0) is 9.59 Å². The standard InChI is InChI=1S/C20H30ClN3O2/c1-15(16-6-8-17(21)9-7-16)22(5)18(25)14-23-10-12-24(13-11-23)19(26)20(2,3)4/h6-9,15H,10-14H2,1-5H3. The molecular formula is C20H30ClN3O2. The van der Waals surface area contributed by atoms with Gasteiger partial charge in [0.25, 0.3) is 0 Å². The Labute approximate surface area is 161 Å². The van der Waals surface area contributed by atoms with Crippen LogP contribution < -0.4 is 0 Å². The zero-order valence-corrected chi connectivity index (χ0v) is 17.2. The summed E-state index contributed by atoms with van der Waals surface area (Å²) in [5.41, 5.74) is 0.706. The molecule has 0 bridgehead atoms. The van der Waals surface area contributed by atoms with E-state index in [4.69, 9.17) is 11.6 Å². The van der Waals surface area contributed by atoms with Crippen LogP contribution >= 0.6 is 11.6 Å². The number of likely N-dealkylation sites (N-methyl/N-ethyl adjacent to an activating group) is 1. The third kappa shape index (κ3) is 5.21. The molecule has 0 aliphatic carbocycles. The summed E-state index contributed by atoms with van der Waals surface area (Å²) in [6, 6.07) is 7.58. The van der Waals surface area contributed by atoms with E-state index in [0.717, 1.165) is 18.7 Å². The molecule has 0 N–H and O–H groups in total. The van der Waals surface area contributed by atoms with E-state index >= 15 is 0 Å². The summed E-state index contributed by atoms with van der Waals surface area (Å²) >= 11 is 5.93. The van der Waals surface area contributed by atoms with E-state index in [1.54, 1.807) is 4.90 Å². The maximum absolute atomic E-state index is 12.6. The summed E-state index contributed by atoms with van der Waals surface area (Å²) < 4.78 is 0. The highest BCUT2D eigenvalue weighted by atomic mass is 35.5. The number of hydrogen-bond donors (Lipinski definition) is 0. The van der Waals surface area contributed by atoms with Gasteiger partial charge >= 0.3 is 0 Å². The lowest BCUT2D eigenvalue weighted by molar-refractivity contribution is -0.141. The van der Waals surface area contributed by atoms with Gasteiger partial charge in [-0.2, -0.15) is 0 Å². The normalized spacial score (nSPS) is 17.1. The van der Waals surface area contributed by atoms with Crippen molar-refractivity contribution in [2.45, 2.75) is 33.7 Å². The third-order valence-corrected chi connectivity index (χ3v) is 5.24. The SMILES string of the molecule is CC(c1ccc(Cl)cc1)N(C)C(=O)CN1CCN(C(=O)C(C)(C)C)CC1. The fourth-order valence-electron chi connectivity index (χ4n) is 3.07. The van der Waals surface area contributed by atoms with Crippen LogP contribution in [0.15, 0.2) is 24.3 Å². The zero-order valence-electron chi connectivity index (χ0n) is 16.5. The van der Waals surface area contributed by atoms with E-state index in [0.29, 0.717) is 24.7 Å². The molecule has 26 heavy (non-hydrogen) atoms. The van der Waals surface area contributed by atoms with Crippen molar-refractivity contribution in [2.24, 2.45) is 5.41 Å². The highest BCUT2D eigenvalue weighted by Crippen LogP contribution is 2.22. The van der Waals surface area contributed by atoms with Crippen molar-refractivity contribution in [3.05, 3.63) is 34.9 Å². The minimum atomic E-state index is -0.355. The van der Waals surface area contributed by atoms with Crippen LogP contribution in [-0.4, -0.2) is 66.3 Å². The maximum atomic E-state index is 12.6. The summed E-state index contributed by atoms with van der Waals surface area (Å²) in [7, 11) is 1.83. The number of rotatable bonds is 4. The van der Waals surface area contributed by atoms with Gasteiger partial charge in [-0.25, -0.2) is 0 Å². The van der Waals surface area contributed by atoms with Gasteiger partial charge in [0.1, 0.15) is 0 Å². The Kier molecular flexibility index (Phi) is 6.69. The van der Waals surface area contributed by atoms with Crippen LogP contribution in [0.5, 0.6) is 0 Å². The molecule has 1 atom stereocenters. The molecule has 0 saturated carbocycles. The molecule has 6 heteroatoms. The number of amides is 2. The van der Waals surface area contributed by atoms with Gasteiger partial charge in [0.15, 0.2) is 0 Å². The Morgan fingerprint density at radius 1 is 1.12 bits per heavy atom. The van der Waals surface area contributed by atoms with Gasteiger partial charge in [-0.15, -0.1) is 0 Å². The lowest BCUT2D eigenvalue weighted by Crippen LogP contribution is -2.53. The fourth-order valence-corrected chi connectivity index (χ4v) is 3.19. The van der Waals surface area contributed by atoms with Gasteiger partial charge in [0.2, 0.25) is 11.8 Å². The molecule has 1 aromatic rings. The molecular weight excluding hydrogens is 350 g/mol. The van der Waals surface area contributed by atoms with E-state index < -0.39 is 0 Å². The molecule has 1 aliphatic heterocycles. The molecule has 1 heterocycles. The largest absolute Gasteiger partial charge is 0.340 e. The number of nitrogens with zero attached hydrogens (tertiary/aromatic N) is 3. The Morgan fingerprint density at radius 3 is 2.15 bits per heavy atom. The minimum Gasteiger partial charge on any atom is -0.340 e. The molecule has 0 aromatic heterocycles. The molecule has 2 rings (SSSR count). The first kappa shape index (κ1) is 20.7. The average Bonchev–Trinajstić information content (AvgIpc) is 2.60. The number of carbonyl (C=O) groups excluding carboxylic acids is 2. The van der Waals surface area contributed by atoms with E-state index in [1.807, 2.05) is 63.9 Å². The Hall–Kier alpha value is -1.59. The van der Waals surface area contributed by atoms with Gasteiger partial charge in [-0.1, -0.05) is 44.5 Å². The summed E-state index contributed by atoms with van der Waals surface area (Å²) in [5, 5.41) is 0.692. The highest BCUT2D eigenvalue weighted by Gasteiger charge is 2.30. The zero-order chi connectivity index (χ0) is 19.5. The first-order valence-electron chi connectivity index (χ1n) is 9.12. The predicted octanol–water partition coefficient (Wildman–Crippen LogP) is 3.05. The topological polar surface area (TPSA) is 43.9 Å². The molecule has 0 spiro atoms. The lowest BCUT2D eigenvalue weighted by Gasteiger charge is -2.38. The first-order valence-corrected chi connectivity index (χ1v) is 9.50. The molecule has 1 unspecified atom stereocenters. The van der Waals surface area contributed by atoms with Crippen molar-refractivity contribution in [2.75, 3.05) is 39.8 Å². The molecule has 1 fully saturated rings. The second-order valence-corrected chi connectivity index (χ2v) is 8.49. The molecule has 1 aromatic carbocycles. The van der Waals surface area contributed by atoms with E-state index in [-0.39, 0.29) is 23.3 Å². The molecule has 2 amide bonds. The smallest absolute Gasteiger partial charge is 0.236 e. The van der Waals surface area contributed by atoms with Crippen molar-refractivity contribution in [3.8, 4) is 0 Å². The van der Waals surface area contributed by atoms with E-state index in [9.17, 15) is 9.59 Å². The van der Waals surface area contributed by atoms with Crippen LogP contribution in [0.25, 0.3) is 0 Å². The second kappa shape index (κ2) is 8.40. The monoisotopic (exact) mass is 379 g/mol. The molecule has 144 valence electrons. The summed E-state index contributed by atoms with van der Waals surface area (Å²) in [6.07, 6.45) is 0. The molecule has 0 radical (unpaired) electrons.